The highest BCUT2D eigenvalue weighted by atomic mass is 15.2. The number of nitrogens with one attached hydrogen (secondary N) is 1. The quantitative estimate of drug-likeness (QED) is 0.793. The van der Waals surface area contributed by atoms with Crippen molar-refractivity contribution in [2.75, 3.05) is 19.6 Å². The average molecular weight is 224 g/mol. The third-order valence-electron chi connectivity index (χ3n) is 5.04. The highest BCUT2D eigenvalue weighted by Gasteiger charge is 2.37. The van der Waals surface area contributed by atoms with Crippen molar-refractivity contribution in [3.8, 4) is 0 Å². The first-order chi connectivity index (χ1) is 7.71. The molecule has 94 valence electrons. The molecule has 1 saturated carbocycles. The molecule has 2 atom stereocenters. The Hall–Kier alpha value is -0.0800. The van der Waals surface area contributed by atoms with Crippen LogP contribution in [0.2, 0.25) is 0 Å². The number of piperazine rings is 1. The molecule has 2 unspecified atom stereocenters. The summed E-state index contributed by atoms with van der Waals surface area (Å²) in [6, 6.07) is 0.875. The molecule has 1 aliphatic heterocycles. The van der Waals surface area contributed by atoms with Gasteiger partial charge in [0.25, 0.3) is 0 Å². The average Bonchev–Trinajstić information content (AvgIpc) is 2.75. The first-order valence-electron chi connectivity index (χ1n) is 7.20. The van der Waals surface area contributed by atoms with Crippen LogP contribution in [-0.2, 0) is 0 Å². The zero-order valence-corrected chi connectivity index (χ0v) is 11.3. The van der Waals surface area contributed by atoms with Crippen LogP contribution in [-0.4, -0.2) is 36.1 Å². The van der Waals surface area contributed by atoms with Gasteiger partial charge in [-0.15, -0.1) is 0 Å². The molecule has 1 N–H and O–H groups in total. The number of rotatable bonds is 3. The van der Waals surface area contributed by atoms with Gasteiger partial charge in [0.1, 0.15) is 0 Å². The SMILES string of the molecule is CCC1(CC)CN(C2CCCC2C)CCN1. The minimum Gasteiger partial charge on any atom is -0.309 e. The molecule has 2 rings (SSSR count). The topological polar surface area (TPSA) is 15.3 Å². The van der Waals surface area contributed by atoms with Crippen LogP contribution in [0.25, 0.3) is 0 Å². The van der Waals surface area contributed by atoms with Crippen LogP contribution < -0.4 is 5.32 Å². The zero-order valence-electron chi connectivity index (χ0n) is 11.3. The Morgan fingerprint density at radius 2 is 2.00 bits per heavy atom. The molecule has 2 fully saturated rings. The van der Waals surface area contributed by atoms with Crippen LogP contribution in [0.4, 0.5) is 0 Å². The van der Waals surface area contributed by atoms with Gasteiger partial charge in [0.05, 0.1) is 0 Å². The molecule has 1 heterocycles. The Balaban J connectivity index is 2.00. The summed E-state index contributed by atoms with van der Waals surface area (Å²) in [4.78, 5) is 2.78. The number of hydrogen-bond donors (Lipinski definition) is 1. The molecular formula is C14H28N2. The summed E-state index contributed by atoms with van der Waals surface area (Å²) >= 11 is 0. The first-order valence-corrected chi connectivity index (χ1v) is 7.20. The molecule has 2 heteroatoms. The lowest BCUT2D eigenvalue weighted by atomic mass is 9.88. The fourth-order valence-electron chi connectivity index (χ4n) is 3.66. The number of hydrogen-bond acceptors (Lipinski definition) is 2. The second-order valence-electron chi connectivity index (χ2n) is 5.86. The minimum absolute atomic E-state index is 0.403. The van der Waals surface area contributed by atoms with Gasteiger partial charge >= 0.3 is 0 Å². The highest BCUT2D eigenvalue weighted by molar-refractivity contribution is 4.96. The molecule has 2 aliphatic rings. The Morgan fingerprint density at radius 1 is 1.25 bits per heavy atom. The second kappa shape index (κ2) is 5.05. The van der Waals surface area contributed by atoms with E-state index in [-0.39, 0.29) is 0 Å². The second-order valence-corrected chi connectivity index (χ2v) is 5.86. The van der Waals surface area contributed by atoms with Crippen molar-refractivity contribution in [2.45, 2.75) is 64.5 Å². The third kappa shape index (κ3) is 2.28. The largest absolute Gasteiger partial charge is 0.309 e. The molecule has 0 spiro atoms. The molecule has 0 amide bonds. The van der Waals surface area contributed by atoms with Crippen molar-refractivity contribution >= 4 is 0 Å². The molecule has 1 saturated heterocycles. The molecule has 16 heavy (non-hydrogen) atoms. The molecule has 0 aromatic heterocycles. The van der Waals surface area contributed by atoms with Crippen LogP contribution in [0.5, 0.6) is 0 Å². The number of nitrogens with zero attached hydrogens (tertiary/aromatic N) is 1. The smallest absolute Gasteiger partial charge is 0.0304 e. The minimum atomic E-state index is 0.403. The molecule has 0 aromatic rings. The molecule has 0 aromatic carbocycles. The predicted molar refractivity (Wildman–Crippen MR) is 69.7 cm³/mol. The standard InChI is InChI=1S/C14H28N2/c1-4-14(5-2)11-16(10-9-15-14)13-8-6-7-12(13)3/h12-13,15H,4-11H2,1-3H3. The van der Waals surface area contributed by atoms with Crippen LogP contribution in [0.15, 0.2) is 0 Å². The van der Waals surface area contributed by atoms with Gasteiger partial charge in [-0.2, -0.15) is 0 Å². The van der Waals surface area contributed by atoms with Crippen molar-refractivity contribution in [1.82, 2.24) is 10.2 Å². The lowest BCUT2D eigenvalue weighted by molar-refractivity contribution is 0.0723. The lowest BCUT2D eigenvalue weighted by Gasteiger charge is -2.46. The van der Waals surface area contributed by atoms with E-state index in [0.717, 1.165) is 12.0 Å². The van der Waals surface area contributed by atoms with Gasteiger partial charge in [-0.25, -0.2) is 0 Å². The lowest BCUT2D eigenvalue weighted by Crippen LogP contribution is -2.62. The van der Waals surface area contributed by atoms with Crippen LogP contribution in [0, 0.1) is 5.92 Å². The van der Waals surface area contributed by atoms with Crippen LogP contribution in [0.1, 0.15) is 52.9 Å². The van der Waals surface area contributed by atoms with Crippen molar-refractivity contribution in [2.24, 2.45) is 5.92 Å². The van der Waals surface area contributed by atoms with Gasteiger partial charge in [0.2, 0.25) is 0 Å². The summed E-state index contributed by atoms with van der Waals surface area (Å²) in [6.45, 7) is 10.8. The highest BCUT2D eigenvalue weighted by Crippen LogP contribution is 2.32. The van der Waals surface area contributed by atoms with E-state index in [1.54, 1.807) is 0 Å². The van der Waals surface area contributed by atoms with E-state index >= 15 is 0 Å². The van der Waals surface area contributed by atoms with Crippen molar-refractivity contribution in [3.05, 3.63) is 0 Å². The third-order valence-corrected chi connectivity index (χ3v) is 5.04. The monoisotopic (exact) mass is 224 g/mol. The Morgan fingerprint density at radius 3 is 2.56 bits per heavy atom. The predicted octanol–water partition coefficient (Wildman–Crippen LogP) is 2.64. The summed E-state index contributed by atoms with van der Waals surface area (Å²) in [7, 11) is 0. The van der Waals surface area contributed by atoms with E-state index in [4.69, 9.17) is 0 Å². The molecule has 0 radical (unpaired) electrons. The fourth-order valence-corrected chi connectivity index (χ4v) is 3.66. The molecular weight excluding hydrogens is 196 g/mol. The normalized spacial score (nSPS) is 35.4. The van der Waals surface area contributed by atoms with E-state index in [1.165, 1.54) is 51.7 Å². The summed E-state index contributed by atoms with van der Waals surface area (Å²) in [6.07, 6.45) is 6.85. The summed E-state index contributed by atoms with van der Waals surface area (Å²) in [5, 5.41) is 3.76. The van der Waals surface area contributed by atoms with E-state index < -0.39 is 0 Å². The zero-order chi connectivity index (χ0) is 11.6. The van der Waals surface area contributed by atoms with Crippen molar-refractivity contribution in [1.29, 1.82) is 0 Å². The fraction of sp³-hybridized carbons (Fsp3) is 1.00. The summed E-state index contributed by atoms with van der Waals surface area (Å²) in [5.41, 5.74) is 0.403. The summed E-state index contributed by atoms with van der Waals surface area (Å²) in [5.74, 6) is 0.921. The van der Waals surface area contributed by atoms with Gasteiger partial charge in [-0.3, -0.25) is 4.90 Å². The van der Waals surface area contributed by atoms with E-state index in [0.29, 0.717) is 5.54 Å². The van der Waals surface area contributed by atoms with Gasteiger partial charge < -0.3 is 5.32 Å². The van der Waals surface area contributed by atoms with Gasteiger partial charge in [0, 0.05) is 31.2 Å². The molecule has 1 aliphatic carbocycles. The maximum absolute atomic E-state index is 3.76. The van der Waals surface area contributed by atoms with E-state index in [2.05, 4.69) is 31.0 Å². The van der Waals surface area contributed by atoms with Crippen LogP contribution >= 0.6 is 0 Å². The summed E-state index contributed by atoms with van der Waals surface area (Å²) < 4.78 is 0. The first kappa shape index (κ1) is 12.4. The van der Waals surface area contributed by atoms with E-state index in [9.17, 15) is 0 Å². The van der Waals surface area contributed by atoms with Gasteiger partial charge in [-0.1, -0.05) is 27.2 Å². The maximum atomic E-state index is 3.76. The van der Waals surface area contributed by atoms with Crippen molar-refractivity contribution < 1.29 is 0 Å². The maximum Gasteiger partial charge on any atom is 0.0304 e. The van der Waals surface area contributed by atoms with Crippen molar-refractivity contribution in [3.63, 3.8) is 0 Å². The molecule has 2 nitrogen and oxygen atoms in total. The Kier molecular flexibility index (Phi) is 3.91. The van der Waals surface area contributed by atoms with Crippen LogP contribution in [0.3, 0.4) is 0 Å². The molecule has 0 bridgehead atoms. The van der Waals surface area contributed by atoms with E-state index in [1.807, 2.05) is 0 Å². The Bertz CT molecular complexity index is 223. The van der Waals surface area contributed by atoms with Gasteiger partial charge in [-0.05, 0) is 31.6 Å². The van der Waals surface area contributed by atoms with Gasteiger partial charge in [0.15, 0.2) is 0 Å². The Labute approximate surface area is 101 Å².